The maximum Gasteiger partial charge on any atom is 0.335 e. The predicted octanol–water partition coefficient (Wildman–Crippen LogP) is 5.62. The Hall–Kier alpha value is -3.41. The zero-order valence-electron chi connectivity index (χ0n) is 17.8. The van der Waals surface area contributed by atoms with Crippen LogP contribution in [0.5, 0.6) is 0 Å². The third kappa shape index (κ3) is 5.81. The van der Waals surface area contributed by atoms with Gasteiger partial charge >= 0.3 is 5.97 Å². The van der Waals surface area contributed by atoms with Crippen molar-refractivity contribution >= 4 is 69.2 Å². The number of benzene rings is 2. The number of carbonyl (C=O) groups is 3. The Morgan fingerprint density at radius 1 is 1.06 bits per heavy atom. The molecular weight excluding hydrogens is 514 g/mol. The average Bonchev–Trinajstić information content (AvgIpc) is 3.39. The van der Waals surface area contributed by atoms with Crippen molar-refractivity contribution in [1.82, 2.24) is 4.90 Å². The highest BCUT2D eigenvalue weighted by Crippen LogP contribution is 2.35. The molecule has 1 aliphatic heterocycles. The first-order chi connectivity index (χ1) is 16.7. The van der Waals surface area contributed by atoms with Crippen LogP contribution in [0.1, 0.15) is 21.7 Å². The maximum absolute atomic E-state index is 13.5. The van der Waals surface area contributed by atoms with Gasteiger partial charge in [-0.25, -0.2) is 13.6 Å². The molecule has 0 saturated carbocycles. The fourth-order valence-electron chi connectivity index (χ4n) is 3.21. The molecule has 0 bridgehead atoms. The topological polar surface area (TPSA) is 86.7 Å². The number of nitrogens with one attached hydrogen (secondary N) is 1. The molecule has 1 aliphatic rings. The second-order valence-corrected chi connectivity index (χ2v) is 10.00. The van der Waals surface area contributed by atoms with Gasteiger partial charge in [0.05, 0.1) is 10.5 Å². The zero-order chi connectivity index (χ0) is 25.1. The van der Waals surface area contributed by atoms with E-state index >= 15 is 0 Å². The molecule has 3 aromatic rings. The summed E-state index contributed by atoms with van der Waals surface area (Å²) in [5.74, 6) is -3.58. The van der Waals surface area contributed by atoms with E-state index < -0.39 is 17.6 Å². The largest absolute Gasteiger partial charge is 0.478 e. The summed E-state index contributed by atoms with van der Waals surface area (Å²) in [5.41, 5.74) is 1.77. The van der Waals surface area contributed by atoms with E-state index in [0.29, 0.717) is 26.0 Å². The molecule has 0 spiro atoms. The molecule has 0 atom stereocenters. The van der Waals surface area contributed by atoms with Gasteiger partial charge in [-0.05, 0) is 65.0 Å². The first kappa shape index (κ1) is 24.7. The number of anilines is 1. The number of rotatable bonds is 7. The number of nitrogens with zero attached hydrogens (tertiary/aromatic N) is 1. The summed E-state index contributed by atoms with van der Waals surface area (Å²) in [6, 6.07) is 11.2. The number of halogens is 2. The van der Waals surface area contributed by atoms with Gasteiger partial charge in [0.2, 0.25) is 5.91 Å². The van der Waals surface area contributed by atoms with E-state index in [9.17, 15) is 23.2 Å². The molecule has 0 radical (unpaired) electrons. The minimum atomic E-state index is -1.06. The Bertz CT molecular complexity index is 1370. The van der Waals surface area contributed by atoms with Crippen LogP contribution in [-0.4, -0.2) is 38.7 Å². The van der Waals surface area contributed by atoms with Crippen LogP contribution < -0.4 is 5.32 Å². The number of thioether (sulfide) groups is 1. The minimum absolute atomic E-state index is 0.000314. The molecule has 35 heavy (non-hydrogen) atoms. The van der Waals surface area contributed by atoms with E-state index in [1.807, 2.05) is 0 Å². The number of hydrogen-bond acceptors (Lipinski definition) is 6. The van der Waals surface area contributed by atoms with Crippen LogP contribution in [0.4, 0.5) is 14.5 Å². The zero-order valence-corrected chi connectivity index (χ0v) is 20.2. The van der Waals surface area contributed by atoms with Crippen LogP contribution in [0.3, 0.4) is 0 Å². The van der Waals surface area contributed by atoms with E-state index in [1.54, 1.807) is 17.5 Å². The van der Waals surface area contributed by atoms with Crippen molar-refractivity contribution in [2.45, 2.75) is 6.42 Å². The summed E-state index contributed by atoms with van der Waals surface area (Å²) in [7, 11) is 0. The lowest BCUT2D eigenvalue weighted by Crippen LogP contribution is -2.31. The molecule has 2 heterocycles. The fraction of sp³-hybridized carbons (Fsp3) is 0.0833. The Morgan fingerprint density at radius 3 is 2.49 bits per heavy atom. The summed E-state index contributed by atoms with van der Waals surface area (Å²) >= 11 is 7.78. The number of hydrogen-bond donors (Lipinski definition) is 2. The van der Waals surface area contributed by atoms with Gasteiger partial charge in [0, 0.05) is 23.5 Å². The highest BCUT2D eigenvalue weighted by Gasteiger charge is 2.32. The quantitative estimate of drug-likeness (QED) is 0.305. The van der Waals surface area contributed by atoms with E-state index in [-0.39, 0.29) is 30.3 Å². The molecular formula is C24H16F2N2O4S3. The van der Waals surface area contributed by atoms with Crippen molar-refractivity contribution in [3.63, 3.8) is 0 Å². The first-order valence-electron chi connectivity index (χ1n) is 10.1. The van der Waals surface area contributed by atoms with Gasteiger partial charge < -0.3 is 10.4 Å². The van der Waals surface area contributed by atoms with Gasteiger partial charge in [-0.3, -0.25) is 14.5 Å². The lowest BCUT2D eigenvalue weighted by Gasteiger charge is -2.14. The maximum atomic E-state index is 13.5. The third-order valence-electron chi connectivity index (χ3n) is 5.00. The van der Waals surface area contributed by atoms with Crippen LogP contribution >= 0.6 is 35.3 Å². The Morgan fingerprint density at radius 2 is 1.80 bits per heavy atom. The highest BCUT2D eigenvalue weighted by atomic mass is 32.2. The van der Waals surface area contributed by atoms with E-state index in [0.717, 1.165) is 28.8 Å². The van der Waals surface area contributed by atoms with Gasteiger partial charge in [-0.1, -0.05) is 30.0 Å². The summed E-state index contributed by atoms with van der Waals surface area (Å²) in [6.45, 7) is 0.0889. The standard InChI is InChI=1S/C24H16F2N2O4S3/c25-18-6-3-14(10-19(18)26)15-9-17(34-12-15)11-20-22(30)28(24(33)35-20)8-7-21(29)27-16-4-1-13(2-5-16)23(31)32/h1-6,9-12H,7-8H2,(H,27,29)(H,31,32)/b20-11-. The number of amides is 2. The van der Waals surface area contributed by atoms with Crippen LogP contribution in [0.25, 0.3) is 17.2 Å². The Labute approximate surface area is 212 Å². The molecule has 2 aromatic carbocycles. The molecule has 1 saturated heterocycles. The monoisotopic (exact) mass is 530 g/mol. The first-order valence-corrected chi connectivity index (χ1v) is 12.2. The smallest absolute Gasteiger partial charge is 0.335 e. The lowest BCUT2D eigenvalue weighted by molar-refractivity contribution is -0.122. The second-order valence-electron chi connectivity index (χ2n) is 7.38. The number of carboxylic acid groups (broad SMARTS) is 1. The van der Waals surface area contributed by atoms with E-state index in [4.69, 9.17) is 17.3 Å². The SMILES string of the molecule is O=C(CCN1C(=O)/C(=C/c2cc(-c3ccc(F)c(F)c3)cs2)SC1=S)Nc1ccc(C(=O)O)cc1. The van der Waals surface area contributed by atoms with Crippen molar-refractivity contribution in [3.05, 3.63) is 80.9 Å². The molecule has 0 aliphatic carbocycles. The van der Waals surface area contributed by atoms with Crippen LogP contribution in [0, 0.1) is 11.6 Å². The van der Waals surface area contributed by atoms with Crippen LogP contribution in [-0.2, 0) is 9.59 Å². The highest BCUT2D eigenvalue weighted by molar-refractivity contribution is 8.26. The van der Waals surface area contributed by atoms with Gasteiger partial charge in [-0.2, -0.15) is 0 Å². The van der Waals surface area contributed by atoms with Crippen molar-refractivity contribution in [1.29, 1.82) is 0 Å². The van der Waals surface area contributed by atoms with Gasteiger partial charge in [0.25, 0.3) is 5.91 Å². The van der Waals surface area contributed by atoms with Crippen LogP contribution in [0.2, 0.25) is 0 Å². The van der Waals surface area contributed by atoms with Crippen molar-refractivity contribution in [2.24, 2.45) is 0 Å². The molecule has 4 rings (SSSR count). The normalized spacial score (nSPS) is 14.6. The number of carboxylic acids is 1. The molecule has 0 unspecified atom stereocenters. The summed E-state index contributed by atoms with van der Waals surface area (Å²) in [4.78, 5) is 38.5. The van der Waals surface area contributed by atoms with Gasteiger partial charge in [0.1, 0.15) is 4.32 Å². The molecule has 6 nitrogen and oxygen atoms in total. The van der Waals surface area contributed by atoms with Crippen molar-refractivity contribution < 1.29 is 28.3 Å². The van der Waals surface area contributed by atoms with E-state index in [1.165, 1.54) is 46.6 Å². The van der Waals surface area contributed by atoms with Crippen LogP contribution in [0.15, 0.2) is 58.8 Å². The third-order valence-corrected chi connectivity index (χ3v) is 7.26. The van der Waals surface area contributed by atoms with Gasteiger partial charge in [-0.15, -0.1) is 11.3 Å². The Kier molecular flexibility index (Phi) is 7.39. The summed E-state index contributed by atoms with van der Waals surface area (Å²) < 4.78 is 27.0. The number of thiophene rings is 1. The summed E-state index contributed by atoms with van der Waals surface area (Å²) in [5, 5.41) is 13.4. The number of thiocarbonyl (C=S) groups is 1. The number of aromatic carboxylic acids is 1. The molecule has 1 aromatic heterocycles. The summed E-state index contributed by atoms with van der Waals surface area (Å²) in [6.07, 6.45) is 1.68. The molecule has 11 heteroatoms. The van der Waals surface area contributed by atoms with Crippen molar-refractivity contribution in [2.75, 3.05) is 11.9 Å². The molecule has 1 fully saturated rings. The lowest BCUT2D eigenvalue weighted by atomic mass is 10.1. The van der Waals surface area contributed by atoms with Gasteiger partial charge in [0.15, 0.2) is 11.6 Å². The number of carbonyl (C=O) groups excluding carboxylic acids is 2. The van der Waals surface area contributed by atoms with E-state index in [2.05, 4.69) is 5.32 Å². The second kappa shape index (κ2) is 10.5. The minimum Gasteiger partial charge on any atom is -0.478 e. The molecule has 178 valence electrons. The Balaban J connectivity index is 1.37. The molecule has 2 N–H and O–H groups in total. The van der Waals surface area contributed by atoms with Crippen molar-refractivity contribution in [3.8, 4) is 11.1 Å². The molecule has 2 amide bonds. The predicted molar refractivity (Wildman–Crippen MR) is 136 cm³/mol. The fourth-order valence-corrected chi connectivity index (χ4v) is 5.43. The average molecular weight is 531 g/mol.